The molecule has 1 aliphatic rings. The second kappa shape index (κ2) is 5.29. The molecule has 0 amide bonds. The molecule has 2 atom stereocenters. The Balaban J connectivity index is 2.40. The number of benzene rings is 1. The molecule has 0 aliphatic heterocycles. The highest BCUT2D eigenvalue weighted by molar-refractivity contribution is 5.45. The van der Waals surface area contributed by atoms with Crippen LogP contribution in [0.1, 0.15) is 44.6 Å². The Hall–Kier alpha value is -1.42. The summed E-state index contributed by atoms with van der Waals surface area (Å²) in [5.74, 6) is 0.293. The van der Waals surface area contributed by atoms with Crippen LogP contribution >= 0.6 is 0 Å². The van der Waals surface area contributed by atoms with Crippen molar-refractivity contribution in [1.29, 1.82) is 0 Å². The molecule has 0 radical (unpaired) electrons. The van der Waals surface area contributed by atoms with Crippen molar-refractivity contribution in [3.8, 4) is 0 Å². The largest absolute Gasteiger partial charge is 0.316 e. The summed E-state index contributed by atoms with van der Waals surface area (Å²) in [6.45, 7) is 4.38. The molecule has 4 heteroatoms. The quantitative estimate of drug-likeness (QED) is 0.653. The van der Waals surface area contributed by atoms with Crippen molar-refractivity contribution in [2.24, 2.45) is 5.41 Å². The van der Waals surface area contributed by atoms with Crippen LogP contribution in [0.25, 0.3) is 0 Å². The lowest BCUT2D eigenvalue weighted by Crippen LogP contribution is -2.57. The van der Waals surface area contributed by atoms with Crippen molar-refractivity contribution in [2.75, 3.05) is 7.05 Å². The van der Waals surface area contributed by atoms with Crippen LogP contribution in [0.2, 0.25) is 0 Å². The highest BCUT2D eigenvalue weighted by Gasteiger charge is 2.53. The van der Waals surface area contributed by atoms with E-state index in [1.54, 1.807) is 12.1 Å². The summed E-state index contributed by atoms with van der Waals surface area (Å²) in [4.78, 5) is 10.9. The molecule has 1 aromatic carbocycles. The first-order valence-electron chi connectivity index (χ1n) is 7.01. The fourth-order valence-corrected chi connectivity index (χ4v) is 3.81. The van der Waals surface area contributed by atoms with Gasteiger partial charge in [0.25, 0.3) is 5.69 Å². The molecule has 104 valence electrons. The first-order valence-corrected chi connectivity index (χ1v) is 7.01. The van der Waals surface area contributed by atoms with Crippen molar-refractivity contribution >= 4 is 5.69 Å². The van der Waals surface area contributed by atoms with Crippen molar-refractivity contribution < 1.29 is 4.92 Å². The molecule has 1 saturated carbocycles. The minimum absolute atomic E-state index is 0.154. The van der Waals surface area contributed by atoms with Gasteiger partial charge in [-0.2, -0.15) is 0 Å². The molecular formula is C15H22N2O2. The normalized spacial score (nSPS) is 24.8. The molecular weight excluding hydrogens is 240 g/mol. The molecule has 1 fully saturated rings. The second-order valence-electron chi connectivity index (χ2n) is 5.39. The van der Waals surface area contributed by atoms with Crippen molar-refractivity contribution in [3.05, 3.63) is 39.9 Å². The Kier molecular flexibility index (Phi) is 3.90. The molecule has 0 bridgehead atoms. The van der Waals surface area contributed by atoms with E-state index >= 15 is 0 Å². The highest BCUT2D eigenvalue weighted by Crippen LogP contribution is 2.58. The third kappa shape index (κ3) is 2.04. The van der Waals surface area contributed by atoms with E-state index in [-0.39, 0.29) is 16.0 Å². The van der Waals surface area contributed by atoms with Crippen LogP contribution in [0.4, 0.5) is 5.69 Å². The summed E-state index contributed by atoms with van der Waals surface area (Å²) in [5.41, 5.74) is 1.33. The van der Waals surface area contributed by atoms with Crippen LogP contribution in [0.5, 0.6) is 0 Å². The number of hydrogen-bond acceptors (Lipinski definition) is 3. The van der Waals surface area contributed by atoms with Gasteiger partial charge in [-0.05, 0) is 37.6 Å². The maximum absolute atomic E-state index is 11.2. The van der Waals surface area contributed by atoms with E-state index < -0.39 is 0 Å². The Labute approximate surface area is 114 Å². The zero-order valence-corrected chi connectivity index (χ0v) is 11.8. The number of hydrogen-bond donors (Lipinski definition) is 1. The number of nitrogens with zero attached hydrogens (tertiary/aromatic N) is 1. The summed E-state index contributed by atoms with van der Waals surface area (Å²) in [6, 6.07) is 7.67. The molecule has 0 heterocycles. The standard InChI is InChI=1S/C15H22N2O2/c1-4-15(5-2)12(10-14(15)16-3)11-8-6-7-9-13(11)17(18)19/h6-9,12,14,16H,4-5,10H2,1-3H3. The lowest BCUT2D eigenvalue weighted by atomic mass is 9.51. The van der Waals surface area contributed by atoms with Gasteiger partial charge in [0.15, 0.2) is 0 Å². The molecule has 0 spiro atoms. The first kappa shape index (κ1) is 14.0. The van der Waals surface area contributed by atoms with E-state index in [9.17, 15) is 10.1 Å². The van der Waals surface area contributed by atoms with Gasteiger partial charge in [-0.1, -0.05) is 32.0 Å². The summed E-state index contributed by atoms with van der Waals surface area (Å²) in [6.07, 6.45) is 3.08. The summed E-state index contributed by atoms with van der Waals surface area (Å²) < 4.78 is 0. The van der Waals surface area contributed by atoms with Crippen LogP contribution in [-0.2, 0) is 0 Å². The average Bonchev–Trinajstić information content (AvgIpc) is 2.40. The molecule has 1 N–H and O–H groups in total. The van der Waals surface area contributed by atoms with Gasteiger partial charge in [0.05, 0.1) is 4.92 Å². The lowest BCUT2D eigenvalue weighted by Gasteiger charge is -2.56. The van der Waals surface area contributed by atoms with E-state index in [1.807, 2.05) is 19.2 Å². The number of rotatable bonds is 5. The topological polar surface area (TPSA) is 55.2 Å². The number of para-hydroxylation sites is 1. The van der Waals surface area contributed by atoms with Gasteiger partial charge >= 0.3 is 0 Å². The van der Waals surface area contributed by atoms with Crippen molar-refractivity contribution in [1.82, 2.24) is 5.32 Å². The molecule has 4 nitrogen and oxygen atoms in total. The first-order chi connectivity index (χ1) is 9.10. The minimum atomic E-state index is -0.252. The predicted molar refractivity (Wildman–Crippen MR) is 76.3 cm³/mol. The zero-order valence-electron chi connectivity index (χ0n) is 11.8. The molecule has 1 aliphatic carbocycles. The Morgan fingerprint density at radius 3 is 2.53 bits per heavy atom. The highest BCUT2D eigenvalue weighted by atomic mass is 16.6. The van der Waals surface area contributed by atoms with Crippen LogP contribution in [-0.4, -0.2) is 18.0 Å². The third-order valence-corrected chi connectivity index (χ3v) is 5.03. The molecule has 0 saturated heterocycles. The molecule has 0 aromatic heterocycles. The molecule has 2 unspecified atom stereocenters. The van der Waals surface area contributed by atoms with Crippen LogP contribution < -0.4 is 5.32 Å². The van der Waals surface area contributed by atoms with E-state index in [2.05, 4.69) is 19.2 Å². The zero-order chi connectivity index (χ0) is 14.0. The Bertz CT molecular complexity index is 469. The van der Waals surface area contributed by atoms with Gasteiger partial charge in [0.1, 0.15) is 0 Å². The van der Waals surface area contributed by atoms with Gasteiger partial charge < -0.3 is 5.32 Å². The SMILES string of the molecule is CCC1(CC)C(NC)CC1c1ccccc1[N+](=O)[O-]. The van der Waals surface area contributed by atoms with E-state index in [4.69, 9.17) is 0 Å². The van der Waals surface area contributed by atoms with Crippen molar-refractivity contribution in [3.63, 3.8) is 0 Å². The van der Waals surface area contributed by atoms with Crippen LogP contribution in [0, 0.1) is 15.5 Å². The molecule has 2 rings (SSSR count). The molecule has 19 heavy (non-hydrogen) atoms. The van der Waals surface area contributed by atoms with Gasteiger partial charge in [-0.3, -0.25) is 10.1 Å². The fourth-order valence-electron chi connectivity index (χ4n) is 3.81. The summed E-state index contributed by atoms with van der Waals surface area (Å²) in [5, 5.41) is 14.6. The van der Waals surface area contributed by atoms with Gasteiger partial charge in [0.2, 0.25) is 0 Å². The van der Waals surface area contributed by atoms with Crippen molar-refractivity contribution in [2.45, 2.75) is 45.1 Å². The Morgan fingerprint density at radius 1 is 1.37 bits per heavy atom. The number of nitro benzene ring substituents is 1. The number of nitro groups is 1. The molecule has 1 aromatic rings. The van der Waals surface area contributed by atoms with Gasteiger partial charge in [-0.25, -0.2) is 0 Å². The Morgan fingerprint density at radius 2 is 2.00 bits per heavy atom. The summed E-state index contributed by atoms with van der Waals surface area (Å²) in [7, 11) is 1.99. The second-order valence-corrected chi connectivity index (χ2v) is 5.39. The van der Waals surface area contributed by atoms with Crippen LogP contribution in [0.15, 0.2) is 24.3 Å². The lowest BCUT2D eigenvalue weighted by molar-refractivity contribution is -0.386. The monoisotopic (exact) mass is 262 g/mol. The maximum Gasteiger partial charge on any atom is 0.272 e. The third-order valence-electron chi connectivity index (χ3n) is 5.03. The minimum Gasteiger partial charge on any atom is -0.316 e. The van der Waals surface area contributed by atoms with E-state index in [1.165, 1.54) is 0 Å². The van der Waals surface area contributed by atoms with Gasteiger partial charge in [0, 0.05) is 17.7 Å². The average molecular weight is 262 g/mol. The summed E-state index contributed by atoms with van der Waals surface area (Å²) >= 11 is 0. The van der Waals surface area contributed by atoms with Crippen LogP contribution in [0.3, 0.4) is 0 Å². The van der Waals surface area contributed by atoms with E-state index in [0.717, 1.165) is 24.8 Å². The smallest absolute Gasteiger partial charge is 0.272 e. The van der Waals surface area contributed by atoms with Gasteiger partial charge in [-0.15, -0.1) is 0 Å². The maximum atomic E-state index is 11.2. The fraction of sp³-hybridized carbons (Fsp3) is 0.600. The van der Waals surface area contributed by atoms with E-state index in [0.29, 0.717) is 12.0 Å². The number of nitrogens with one attached hydrogen (secondary N) is 1. The predicted octanol–water partition coefficient (Wildman–Crippen LogP) is 3.48.